The molecule has 0 bridgehead atoms. The Kier molecular flexibility index (Phi) is 3.57. The van der Waals surface area contributed by atoms with Gasteiger partial charge in [0.1, 0.15) is 12.2 Å². The van der Waals surface area contributed by atoms with Gasteiger partial charge in [-0.3, -0.25) is 4.90 Å². The highest BCUT2D eigenvalue weighted by Crippen LogP contribution is 2.23. The summed E-state index contributed by atoms with van der Waals surface area (Å²) in [5, 5.41) is 11.5. The van der Waals surface area contributed by atoms with Crippen LogP contribution < -0.4 is 5.32 Å². The normalized spacial score (nSPS) is 17.1. The maximum absolute atomic E-state index is 4.19. The van der Waals surface area contributed by atoms with E-state index in [1.54, 1.807) is 0 Å². The molecular weight excluding hydrogens is 238 g/mol. The zero-order chi connectivity index (χ0) is 13.1. The van der Waals surface area contributed by atoms with E-state index in [0.717, 1.165) is 32.0 Å². The lowest BCUT2D eigenvalue weighted by atomic mass is 10.0. The number of benzene rings is 1. The Balaban J connectivity index is 1.82. The van der Waals surface area contributed by atoms with Crippen LogP contribution in [0.5, 0.6) is 0 Å². The molecule has 0 amide bonds. The topological polar surface area (TPSA) is 46.0 Å². The van der Waals surface area contributed by atoms with Crippen molar-refractivity contribution in [1.82, 2.24) is 25.0 Å². The Bertz CT molecular complexity index is 522. The van der Waals surface area contributed by atoms with Gasteiger partial charge in [0.05, 0.1) is 6.54 Å². The van der Waals surface area contributed by atoms with Gasteiger partial charge in [-0.15, -0.1) is 10.2 Å². The first kappa shape index (κ1) is 12.3. The van der Waals surface area contributed by atoms with E-state index in [0.29, 0.717) is 6.04 Å². The largest absolute Gasteiger partial charge is 0.318 e. The molecule has 5 nitrogen and oxygen atoms in total. The third-order valence-electron chi connectivity index (χ3n) is 3.69. The summed E-state index contributed by atoms with van der Waals surface area (Å²) in [7, 11) is 2.00. The van der Waals surface area contributed by atoms with E-state index >= 15 is 0 Å². The predicted molar refractivity (Wildman–Crippen MR) is 73.5 cm³/mol. The van der Waals surface area contributed by atoms with Crippen molar-refractivity contribution in [1.29, 1.82) is 0 Å². The molecule has 2 heterocycles. The number of likely N-dealkylation sites (N-methyl/N-ethyl adjacent to an activating group) is 1. The van der Waals surface area contributed by atoms with Crippen LogP contribution in [0.15, 0.2) is 36.7 Å². The van der Waals surface area contributed by atoms with E-state index in [2.05, 4.69) is 55.3 Å². The van der Waals surface area contributed by atoms with Gasteiger partial charge in [-0.05, 0) is 12.6 Å². The summed E-state index contributed by atoms with van der Waals surface area (Å²) in [6.07, 6.45) is 1.82. The maximum atomic E-state index is 4.19. The average Bonchev–Trinajstić information content (AvgIpc) is 2.93. The van der Waals surface area contributed by atoms with Gasteiger partial charge in [-0.25, -0.2) is 0 Å². The third-order valence-corrected chi connectivity index (χ3v) is 3.69. The first-order valence-corrected chi connectivity index (χ1v) is 6.69. The second-order valence-electron chi connectivity index (χ2n) is 4.90. The fourth-order valence-corrected chi connectivity index (χ4v) is 2.68. The highest BCUT2D eigenvalue weighted by atomic mass is 15.3. The number of hydrogen-bond acceptors (Lipinski definition) is 4. The third kappa shape index (κ3) is 2.52. The SMILES string of the molecule is CNCC(c1ccccc1)N1CCn2cnnc2C1. The molecule has 0 fully saturated rings. The minimum absolute atomic E-state index is 0.386. The van der Waals surface area contributed by atoms with Crippen LogP contribution in [0.25, 0.3) is 0 Å². The number of aromatic nitrogens is 3. The molecule has 5 heteroatoms. The summed E-state index contributed by atoms with van der Waals surface area (Å²) in [4.78, 5) is 2.47. The van der Waals surface area contributed by atoms with Crippen molar-refractivity contribution in [3.8, 4) is 0 Å². The molecule has 1 aromatic heterocycles. The zero-order valence-corrected chi connectivity index (χ0v) is 11.2. The van der Waals surface area contributed by atoms with Gasteiger partial charge >= 0.3 is 0 Å². The molecule has 0 saturated carbocycles. The minimum Gasteiger partial charge on any atom is -0.318 e. The molecule has 1 unspecified atom stereocenters. The van der Waals surface area contributed by atoms with Crippen LogP contribution in [0.3, 0.4) is 0 Å². The van der Waals surface area contributed by atoms with Gasteiger partial charge in [0, 0.05) is 25.7 Å². The van der Waals surface area contributed by atoms with Gasteiger partial charge in [-0.1, -0.05) is 30.3 Å². The number of rotatable bonds is 4. The van der Waals surface area contributed by atoms with Crippen molar-refractivity contribution in [2.24, 2.45) is 0 Å². The summed E-state index contributed by atoms with van der Waals surface area (Å²) in [6.45, 7) is 3.81. The van der Waals surface area contributed by atoms with Gasteiger partial charge in [0.2, 0.25) is 0 Å². The van der Waals surface area contributed by atoms with Crippen LogP contribution >= 0.6 is 0 Å². The van der Waals surface area contributed by atoms with E-state index in [1.807, 2.05) is 13.4 Å². The van der Waals surface area contributed by atoms with Crippen molar-refractivity contribution in [2.45, 2.75) is 19.1 Å². The van der Waals surface area contributed by atoms with Crippen LogP contribution in [0.1, 0.15) is 17.4 Å². The smallest absolute Gasteiger partial charge is 0.147 e. The van der Waals surface area contributed by atoms with Crippen LogP contribution in [0, 0.1) is 0 Å². The van der Waals surface area contributed by atoms with Gasteiger partial charge in [0.15, 0.2) is 0 Å². The molecule has 1 aliphatic heterocycles. The number of nitrogens with one attached hydrogen (secondary N) is 1. The Morgan fingerprint density at radius 2 is 2.11 bits per heavy atom. The van der Waals surface area contributed by atoms with Gasteiger partial charge in [-0.2, -0.15) is 0 Å². The van der Waals surface area contributed by atoms with Crippen molar-refractivity contribution < 1.29 is 0 Å². The Hall–Kier alpha value is -1.72. The predicted octanol–water partition coefficient (Wildman–Crippen LogP) is 1.05. The van der Waals surface area contributed by atoms with Crippen LogP contribution in [0.4, 0.5) is 0 Å². The van der Waals surface area contributed by atoms with Crippen LogP contribution in [-0.4, -0.2) is 39.8 Å². The average molecular weight is 257 g/mol. The lowest BCUT2D eigenvalue weighted by molar-refractivity contribution is 0.151. The molecule has 100 valence electrons. The molecule has 1 aliphatic rings. The highest BCUT2D eigenvalue weighted by molar-refractivity contribution is 5.19. The van der Waals surface area contributed by atoms with Gasteiger partial charge in [0.25, 0.3) is 0 Å². The van der Waals surface area contributed by atoms with E-state index < -0.39 is 0 Å². The molecule has 2 aromatic rings. The second-order valence-corrected chi connectivity index (χ2v) is 4.90. The minimum atomic E-state index is 0.386. The lowest BCUT2D eigenvalue weighted by Crippen LogP contribution is -2.40. The van der Waals surface area contributed by atoms with Crippen molar-refractivity contribution in [2.75, 3.05) is 20.1 Å². The fourth-order valence-electron chi connectivity index (χ4n) is 2.68. The molecule has 0 aliphatic carbocycles. The highest BCUT2D eigenvalue weighted by Gasteiger charge is 2.25. The Morgan fingerprint density at radius 3 is 2.89 bits per heavy atom. The second kappa shape index (κ2) is 5.50. The Morgan fingerprint density at radius 1 is 1.26 bits per heavy atom. The maximum Gasteiger partial charge on any atom is 0.147 e. The number of fused-ring (bicyclic) bond motifs is 1. The monoisotopic (exact) mass is 257 g/mol. The molecule has 3 rings (SSSR count). The molecule has 0 radical (unpaired) electrons. The van der Waals surface area contributed by atoms with Crippen LogP contribution in [0.2, 0.25) is 0 Å². The first-order valence-electron chi connectivity index (χ1n) is 6.69. The quantitative estimate of drug-likeness (QED) is 0.889. The van der Waals surface area contributed by atoms with E-state index in [9.17, 15) is 0 Å². The molecule has 0 spiro atoms. The van der Waals surface area contributed by atoms with Crippen LogP contribution in [-0.2, 0) is 13.1 Å². The standard InChI is InChI=1S/C14H19N5/c1-15-9-13(12-5-3-2-4-6-12)18-7-8-19-11-16-17-14(19)10-18/h2-6,11,13,15H,7-10H2,1H3. The molecular formula is C14H19N5. The number of nitrogens with zero attached hydrogens (tertiary/aromatic N) is 4. The molecule has 1 aromatic carbocycles. The molecule has 1 N–H and O–H groups in total. The molecule has 1 atom stereocenters. The summed E-state index contributed by atoms with van der Waals surface area (Å²) in [5.41, 5.74) is 1.35. The number of hydrogen-bond donors (Lipinski definition) is 1. The van der Waals surface area contributed by atoms with E-state index in [-0.39, 0.29) is 0 Å². The van der Waals surface area contributed by atoms with Crippen molar-refractivity contribution in [3.05, 3.63) is 48.0 Å². The Labute approximate surface area is 113 Å². The van der Waals surface area contributed by atoms with E-state index in [4.69, 9.17) is 0 Å². The van der Waals surface area contributed by atoms with Crippen molar-refractivity contribution in [3.63, 3.8) is 0 Å². The summed E-state index contributed by atoms with van der Waals surface area (Å²) in [6, 6.07) is 11.0. The first-order chi connectivity index (χ1) is 9.38. The summed E-state index contributed by atoms with van der Waals surface area (Å²) in [5.74, 6) is 1.06. The summed E-state index contributed by atoms with van der Waals surface area (Å²) >= 11 is 0. The van der Waals surface area contributed by atoms with Gasteiger partial charge < -0.3 is 9.88 Å². The lowest BCUT2D eigenvalue weighted by Gasteiger charge is -2.34. The molecule has 19 heavy (non-hydrogen) atoms. The van der Waals surface area contributed by atoms with Crippen molar-refractivity contribution >= 4 is 0 Å². The van der Waals surface area contributed by atoms with E-state index in [1.165, 1.54) is 5.56 Å². The zero-order valence-electron chi connectivity index (χ0n) is 11.2. The fraction of sp³-hybridized carbons (Fsp3) is 0.429. The molecule has 0 saturated heterocycles. The summed E-state index contributed by atoms with van der Waals surface area (Å²) < 4.78 is 2.14.